The molecular weight excluding hydrogens is 192 g/mol. The smallest absolute Gasteiger partial charge is 0.427 e. The van der Waals surface area contributed by atoms with Gasteiger partial charge >= 0.3 is 6.09 Å². The highest BCUT2D eigenvalue weighted by Gasteiger charge is 1.97. The van der Waals surface area contributed by atoms with E-state index in [1.165, 1.54) is 7.11 Å². The molecule has 0 spiro atoms. The summed E-state index contributed by atoms with van der Waals surface area (Å²) in [7, 11) is 1.30. The zero-order valence-electron chi connectivity index (χ0n) is 8.86. The van der Waals surface area contributed by atoms with Crippen molar-refractivity contribution in [3.8, 4) is 0 Å². The van der Waals surface area contributed by atoms with Crippen LogP contribution >= 0.6 is 0 Å². The number of hydrogen-bond donors (Lipinski definition) is 1. The third-order valence-electron chi connectivity index (χ3n) is 1.83. The van der Waals surface area contributed by atoms with Gasteiger partial charge in [0.1, 0.15) is 0 Å². The van der Waals surface area contributed by atoms with E-state index in [0.717, 1.165) is 11.3 Å². The number of rotatable bonds is 3. The number of carbonyl (C=O) groups excluding carboxylic acids is 1. The molecule has 0 radical (unpaired) electrons. The Balaban J connectivity index is 2.48. The Bertz CT molecular complexity index is 347. The van der Waals surface area contributed by atoms with Crippen molar-refractivity contribution in [3.05, 3.63) is 35.9 Å². The fraction of sp³-hybridized carbons (Fsp3) is 0.273. The van der Waals surface area contributed by atoms with Crippen LogP contribution in [0.25, 0.3) is 0 Å². The first kappa shape index (κ1) is 11.2. The number of nitrogens with zero attached hydrogens (tertiary/aromatic N) is 1. The molecule has 0 fully saturated rings. The molecule has 0 atom stereocenters. The van der Waals surface area contributed by atoms with Crippen LogP contribution in [0.2, 0.25) is 0 Å². The standard InChI is InChI=1S/C11H14N2O2/c1-9(12-13-11(14)15-2)8-10-6-4-3-5-7-10/h3-7H,8H2,1-2H3,(H,13,14)/b12-9+. The molecule has 0 unspecified atom stereocenters. The Morgan fingerprint density at radius 3 is 2.67 bits per heavy atom. The Morgan fingerprint density at radius 1 is 1.40 bits per heavy atom. The number of benzene rings is 1. The van der Waals surface area contributed by atoms with Gasteiger partial charge < -0.3 is 4.74 Å². The van der Waals surface area contributed by atoms with Gasteiger partial charge in [-0.05, 0) is 12.5 Å². The maximum absolute atomic E-state index is 10.7. The summed E-state index contributed by atoms with van der Waals surface area (Å²) >= 11 is 0. The van der Waals surface area contributed by atoms with Crippen molar-refractivity contribution in [2.75, 3.05) is 7.11 Å². The van der Waals surface area contributed by atoms with E-state index in [0.29, 0.717) is 6.42 Å². The Hall–Kier alpha value is -1.84. The first-order valence-electron chi connectivity index (χ1n) is 4.63. The van der Waals surface area contributed by atoms with Gasteiger partial charge in [-0.3, -0.25) is 0 Å². The first-order valence-corrected chi connectivity index (χ1v) is 4.63. The zero-order valence-corrected chi connectivity index (χ0v) is 8.86. The molecule has 80 valence electrons. The molecule has 1 rings (SSSR count). The van der Waals surface area contributed by atoms with Crippen LogP contribution in [0.1, 0.15) is 12.5 Å². The van der Waals surface area contributed by atoms with Crippen molar-refractivity contribution < 1.29 is 9.53 Å². The molecule has 1 aromatic rings. The van der Waals surface area contributed by atoms with Crippen LogP contribution in [0.3, 0.4) is 0 Å². The third-order valence-corrected chi connectivity index (χ3v) is 1.83. The molecule has 0 bridgehead atoms. The molecular formula is C11H14N2O2. The quantitative estimate of drug-likeness (QED) is 0.607. The van der Waals surface area contributed by atoms with Gasteiger partial charge in [-0.1, -0.05) is 30.3 Å². The van der Waals surface area contributed by atoms with Crippen molar-refractivity contribution in [3.63, 3.8) is 0 Å². The van der Waals surface area contributed by atoms with Gasteiger partial charge in [0, 0.05) is 12.1 Å². The fourth-order valence-electron chi connectivity index (χ4n) is 1.12. The Morgan fingerprint density at radius 2 is 2.07 bits per heavy atom. The molecule has 0 aliphatic rings. The molecule has 0 aliphatic carbocycles. The summed E-state index contributed by atoms with van der Waals surface area (Å²) < 4.78 is 4.39. The van der Waals surface area contributed by atoms with E-state index in [9.17, 15) is 4.79 Å². The summed E-state index contributed by atoms with van der Waals surface area (Å²) in [5, 5.41) is 3.88. The van der Waals surface area contributed by atoms with Crippen molar-refractivity contribution >= 4 is 11.8 Å². The first-order chi connectivity index (χ1) is 7.22. The lowest BCUT2D eigenvalue weighted by atomic mass is 10.1. The molecule has 0 heterocycles. The molecule has 1 amide bonds. The average Bonchev–Trinajstić information content (AvgIpc) is 2.27. The van der Waals surface area contributed by atoms with Gasteiger partial charge in [0.25, 0.3) is 0 Å². The van der Waals surface area contributed by atoms with Crippen LogP contribution < -0.4 is 5.43 Å². The van der Waals surface area contributed by atoms with E-state index >= 15 is 0 Å². The summed E-state index contributed by atoms with van der Waals surface area (Å²) in [6.45, 7) is 1.85. The SMILES string of the molecule is COC(=O)N/N=C(\C)Cc1ccccc1. The molecule has 0 saturated carbocycles. The molecule has 15 heavy (non-hydrogen) atoms. The number of methoxy groups -OCH3 is 1. The third kappa shape index (κ3) is 4.26. The highest BCUT2D eigenvalue weighted by Crippen LogP contribution is 2.00. The number of nitrogens with one attached hydrogen (secondary N) is 1. The predicted octanol–water partition coefficient (Wildman–Crippen LogP) is 1.96. The van der Waals surface area contributed by atoms with Crippen molar-refractivity contribution in [2.45, 2.75) is 13.3 Å². The van der Waals surface area contributed by atoms with Gasteiger partial charge in [-0.25, -0.2) is 10.2 Å². The number of ether oxygens (including phenoxy) is 1. The molecule has 4 heteroatoms. The maximum atomic E-state index is 10.7. The summed E-state index contributed by atoms with van der Waals surface area (Å²) in [6.07, 6.45) is 0.160. The maximum Gasteiger partial charge on any atom is 0.427 e. The molecule has 4 nitrogen and oxygen atoms in total. The lowest BCUT2D eigenvalue weighted by molar-refractivity contribution is 0.171. The van der Waals surface area contributed by atoms with Crippen LogP contribution in [0, 0.1) is 0 Å². The number of hydrogen-bond acceptors (Lipinski definition) is 3. The second kappa shape index (κ2) is 5.80. The van der Waals surface area contributed by atoms with Gasteiger partial charge in [0.05, 0.1) is 7.11 Å². The number of carbonyl (C=O) groups is 1. The highest BCUT2D eigenvalue weighted by atomic mass is 16.5. The van der Waals surface area contributed by atoms with Gasteiger partial charge in [-0.15, -0.1) is 0 Å². The number of hydrazone groups is 1. The fourth-order valence-corrected chi connectivity index (χ4v) is 1.12. The van der Waals surface area contributed by atoms with Crippen LogP contribution in [0.15, 0.2) is 35.4 Å². The monoisotopic (exact) mass is 206 g/mol. The van der Waals surface area contributed by atoms with Crippen LogP contribution in [0.5, 0.6) is 0 Å². The minimum atomic E-state index is -0.553. The Kier molecular flexibility index (Phi) is 4.34. The zero-order chi connectivity index (χ0) is 11.1. The average molecular weight is 206 g/mol. The van der Waals surface area contributed by atoms with E-state index in [4.69, 9.17) is 0 Å². The van der Waals surface area contributed by atoms with Crippen molar-refractivity contribution in [1.29, 1.82) is 0 Å². The topological polar surface area (TPSA) is 50.7 Å². The van der Waals surface area contributed by atoms with Crippen LogP contribution in [-0.2, 0) is 11.2 Å². The van der Waals surface area contributed by atoms with Crippen LogP contribution in [0.4, 0.5) is 4.79 Å². The van der Waals surface area contributed by atoms with E-state index < -0.39 is 6.09 Å². The minimum Gasteiger partial charge on any atom is -0.452 e. The van der Waals surface area contributed by atoms with E-state index in [2.05, 4.69) is 15.3 Å². The Labute approximate surface area is 88.9 Å². The summed E-state index contributed by atoms with van der Waals surface area (Å²) in [5.74, 6) is 0. The lowest BCUT2D eigenvalue weighted by Crippen LogP contribution is -2.18. The number of amides is 1. The molecule has 0 saturated heterocycles. The minimum absolute atomic E-state index is 0.553. The van der Waals surface area contributed by atoms with E-state index in [1.807, 2.05) is 37.3 Å². The van der Waals surface area contributed by atoms with E-state index in [1.54, 1.807) is 0 Å². The molecule has 0 aliphatic heterocycles. The van der Waals surface area contributed by atoms with Crippen LogP contribution in [-0.4, -0.2) is 18.9 Å². The predicted molar refractivity (Wildman–Crippen MR) is 58.8 cm³/mol. The highest BCUT2D eigenvalue weighted by molar-refractivity contribution is 5.85. The van der Waals surface area contributed by atoms with Gasteiger partial charge in [-0.2, -0.15) is 5.10 Å². The normalized spacial score (nSPS) is 10.9. The van der Waals surface area contributed by atoms with E-state index in [-0.39, 0.29) is 0 Å². The molecule has 1 aromatic carbocycles. The van der Waals surface area contributed by atoms with Gasteiger partial charge in [0.15, 0.2) is 0 Å². The van der Waals surface area contributed by atoms with Crippen molar-refractivity contribution in [1.82, 2.24) is 5.43 Å². The summed E-state index contributed by atoms with van der Waals surface area (Å²) in [4.78, 5) is 10.7. The molecule has 0 aromatic heterocycles. The second-order valence-corrected chi connectivity index (χ2v) is 3.11. The summed E-state index contributed by atoms with van der Waals surface area (Å²) in [5.41, 5.74) is 4.26. The largest absolute Gasteiger partial charge is 0.452 e. The molecule has 1 N–H and O–H groups in total. The lowest BCUT2D eigenvalue weighted by Gasteiger charge is -2.01. The van der Waals surface area contributed by atoms with Gasteiger partial charge in [0.2, 0.25) is 0 Å². The summed E-state index contributed by atoms with van der Waals surface area (Å²) in [6, 6.07) is 9.92. The van der Waals surface area contributed by atoms with Crippen molar-refractivity contribution in [2.24, 2.45) is 5.10 Å². The second-order valence-electron chi connectivity index (χ2n) is 3.11.